The fraction of sp³-hybridized carbons (Fsp3) is 0.625. The molecule has 2 saturated carbocycles. The molecular weight excluding hydrogens is 256 g/mol. The average Bonchev–Trinajstić information content (AvgIpc) is 2.97. The maximum absolute atomic E-state index is 12.3. The van der Waals surface area contributed by atoms with Gasteiger partial charge >= 0.3 is 11.9 Å². The summed E-state index contributed by atoms with van der Waals surface area (Å²) in [5.41, 5.74) is 0.788. The van der Waals surface area contributed by atoms with Crippen LogP contribution in [0.4, 0.5) is 0 Å². The summed E-state index contributed by atoms with van der Waals surface area (Å²) in [4.78, 5) is 23.5. The Labute approximate surface area is 119 Å². The standard InChI is InChI=1S/C16H22O4/c1-4-5-14(9(2)3)20-16(19)13-8-10-6-11(13)12(7-10)15(17)18/h4,10-14H,1-2,5-8H2,3H3,(H,17,18). The minimum absolute atomic E-state index is 0.0560. The summed E-state index contributed by atoms with van der Waals surface area (Å²) in [6.07, 6.45) is 4.22. The third-order valence-corrected chi connectivity index (χ3v) is 4.62. The van der Waals surface area contributed by atoms with Crippen LogP contribution < -0.4 is 0 Å². The normalized spacial score (nSPS) is 32.6. The smallest absolute Gasteiger partial charge is 0.309 e. The molecule has 5 atom stereocenters. The van der Waals surface area contributed by atoms with E-state index in [1.54, 1.807) is 6.08 Å². The fourth-order valence-corrected chi connectivity index (χ4v) is 3.63. The summed E-state index contributed by atoms with van der Waals surface area (Å²) in [6.45, 7) is 9.30. The van der Waals surface area contributed by atoms with Crippen LogP contribution in [-0.4, -0.2) is 23.1 Å². The Morgan fingerprint density at radius 1 is 1.35 bits per heavy atom. The first kappa shape index (κ1) is 14.8. The van der Waals surface area contributed by atoms with E-state index in [0.29, 0.717) is 18.8 Å². The zero-order valence-electron chi connectivity index (χ0n) is 11.9. The van der Waals surface area contributed by atoms with Gasteiger partial charge in [0.25, 0.3) is 0 Å². The van der Waals surface area contributed by atoms with Crippen LogP contribution in [0.25, 0.3) is 0 Å². The summed E-state index contributed by atoms with van der Waals surface area (Å²) in [7, 11) is 0. The first-order chi connectivity index (χ1) is 9.43. The van der Waals surface area contributed by atoms with Crippen molar-refractivity contribution in [3.63, 3.8) is 0 Å². The van der Waals surface area contributed by atoms with Gasteiger partial charge in [0.1, 0.15) is 6.10 Å². The second kappa shape index (κ2) is 5.81. The van der Waals surface area contributed by atoms with Gasteiger partial charge in [0, 0.05) is 6.42 Å². The Morgan fingerprint density at radius 3 is 2.50 bits per heavy atom. The Bertz CT molecular complexity index is 440. The van der Waals surface area contributed by atoms with Gasteiger partial charge in [0.2, 0.25) is 0 Å². The molecule has 0 aromatic heterocycles. The zero-order valence-corrected chi connectivity index (χ0v) is 11.9. The number of aliphatic carboxylic acids is 1. The highest BCUT2D eigenvalue weighted by Gasteiger charge is 2.52. The van der Waals surface area contributed by atoms with Crippen LogP contribution in [0, 0.1) is 23.7 Å². The van der Waals surface area contributed by atoms with Crippen LogP contribution in [0.1, 0.15) is 32.6 Å². The van der Waals surface area contributed by atoms with Crippen molar-refractivity contribution >= 4 is 11.9 Å². The number of carboxylic acids is 1. The Balaban J connectivity index is 2.01. The third kappa shape index (κ3) is 2.79. The van der Waals surface area contributed by atoms with E-state index >= 15 is 0 Å². The molecule has 20 heavy (non-hydrogen) atoms. The molecule has 0 aromatic rings. The van der Waals surface area contributed by atoms with Gasteiger partial charge in [-0.05, 0) is 43.6 Å². The highest BCUT2D eigenvalue weighted by Crippen LogP contribution is 2.52. The van der Waals surface area contributed by atoms with E-state index in [4.69, 9.17) is 4.74 Å². The molecule has 2 aliphatic carbocycles. The quantitative estimate of drug-likeness (QED) is 0.599. The number of carbonyl (C=O) groups is 2. The summed E-state index contributed by atoms with van der Waals surface area (Å²) < 4.78 is 5.51. The number of carboxylic acid groups (broad SMARTS) is 1. The molecule has 110 valence electrons. The number of ether oxygens (including phenoxy) is 1. The van der Waals surface area contributed by atoms with E-state index in [1.165, 1.54) is 0 Å². The molecule has 4 heteroatoms. The fourth-order valence-electron chi connectivity index (χ4n) is 3.63. The Hall–Kier alpha value is -1.58. The van der Waals surface area contributed by atoms with Crippen LogP contribution >= 0.6 is 0 Å². The lowest BCUT2D eigenvalue weighted by Gasteiger charge is -2.27. The van der Waals surface area contributed by atoms with Crippen molar-refractivity contribution in [2.75, 3.05) is 0 Å². The summed E-state index contributed by atoms with van der Waals surface area (Å²) in [5, 5.41) is 9.21. The number of rotatable bonds is 6. The molecule has 0 spiro atoms. The molecule has 4 nitrogen and oxygen atoms in total. The molecule has 1 N–H and O–H groups in total. The van der Waals surface area contributed by atoms with Crippen LogP contribution in [-0.2, 0) is 14.3 Å². The van der Waals surface area contributed by atoms with E-state index in [2.05, 4.69) is 13.2 Å². The van der Waals surface area contributed by atoms with E-state index in [1.807, 2.05) is 6.92 Å². The van der Waals surface area contributed by atoms with Gasteiger partial charge in [-0.3, -0.25) is 9.59 Å². The second-order valence-electron chi connectivity index (χ2n) is 6.08. The molecule has 2 aliphatic rings. The largest absolute Gasteiger partial charge is 0.481 e. The number of hydrogen-bond donors (Lipinski definition) is 1. The first-order valence-electron chi connectivity index (χ1n) is 7.13. The van der Waals surface area contributed by atoms with Gasteiger partial charge in [0.05, 0.1) is 11.8 Å². The number of hydrogen-bond acceptors (Lipinski definition) is 3. The van der Waals surface area contributed by atoms with Crippen molar-refractivity contribution in [2.24, 2.45) is 23.7 Å². The van der Waals surface area contributed by atoms with Gasteiger partial charge in [-0.15, -0.1) is 6.58 Å². The predicted octanol–water partition coefficient (Wildman–Crippen LogP) is 2.80. The average molecular weight is 278 g/mol. The predicted molar refractivity (Wildman–Crippen MR) is 75.0 cm³/mol. The van der Waals surface area contributed by atoms with Crippen LogP contribution in [0.5, 0.6) is 0 Å². The lowest BCUT2D eigenvalue weighted by molar-refractivity contribution is -0.156. The van der Waals surface area contributed by atoms with Crippen molar-refractivity contribution in [2.45, 2.75) is 38.7 Å². The minimum Gasteiger partial charge on any atom is -0.481 e. The summed E-state index contributed by atoms with van der Waals surface area (Å²) in [5.74, 6) is -1.38. The molecule has 2 rings (SSSR count). The number of esters is 1. The van der Waals surface area contributed by atoms with E-state index < -0.39 is 5.97 Å². The minimum atomic E-state index is -0.780. The van der Waals surface area contributed by atoms with E-state index in [-0.39, 0.29) is 29.8 Å². The molecule has 2 bridgehead atoms. The highest BCUT2D eigenvalue weighted by atomic mass is 16.5. The number of carbonyl (C=O) groups excluding carboxylic acids is 1. The van der Waals surface area contributed by atoms with Crippen molar-refractivity contribution < 1.29 is 19.4 Å². The Kier molecular flexibility index (Phi) is 4.31. The lowest BCUT2D eigenvalue weighted by Crippen LogP contribution is -2.34. The molecule has 5 unspecified atom stereocenters. The second-order valence-corrected chi connectivity index (χ2v) is 6.08. The molecule has 2 fully saturated rings. The summed E-state index contributed by atoms with van der Waals surface area (Å²) >= 11 is 0. The van der Waals surface area contributed by atoms with Crippen molar-refractivity contribution in [3.05, 3.63) is 24.8 Å². The Morgan fingerprint density at radius 2 is 2.00 bits per heavy atom. The maximum Gasteiger partial charge on any atom is 0.309 e. The molecule has 0 heterocycles. The number of fused-ring (bicyclic) bond motifs is 2. The van der Waals surface area contributed by atoms with E-state index in [0.717, 1.165) is 18.4 Å². The molecule has 0 radical (unpaired) electrons. The van der Waals surface area contributed by atoms with Crippen LogP contribution in [0.3, 0.4) is 0 Å². The van der Waals surface area contributed by atoms with Crippen LogP contribution in [0.2, 0.25) is 0 Å². The molecule has 0 aromatic carbocycles. The maximum atomic E-state index is 12.3. The van der Waals surface area contributed by atoms with Gasteiger partial charge < -0.3 is 9.84 Å². The SMILES string of the molecule is C=CCC(OC(=O)C1CC2CC(C(=O)O)C1C2)C(=C)C. The van der Waals surface area contributed by atoms with Gasteiger partial charge in [-0.2, -0.15) is 0 Å². The van der Waals surface area contributed by atoms with E-state index in [9.17, 15) is 14.7 Å². The first-order valence-corrected chi connectivity index (χ1v) is 7.13. The van der Waals surface area contributed by atoms with Crippen molar-refractivity contribution in [1.29, 1.82) is 0 Å². The van der Waals surface area contributed by atoms with Crippen molar-refractivity contribution in [1.82, 2.24) is 0 Å². The lowest BCUT2D eigenvalue weighted by atomic mass is 9.80. The van der Waals surface area contributed by atoms with Gasteiger partial charge in [-0.1, -0.05) is 12.7 Å². The topological polar surface area (TPSA) is 63.6 Å². The van der Waals surface area contributed by atoms with Crippen molar-refractivity contribution in [3.8, 4) is 0 Å². The van der Waals surface area contributed by atoms with Gasteiger partial charge in [-0.25, -0.2) is 0 Å². The molecular formula is C16H22O4. The summed E-state index contributed by atoms with van der Waals surface area (Å²) in [6, 6.07) is 0. The molecule has 0 amide bonds. The van der Waals surface area contributed by atoms with Crippen LogP contribution in [0.15, 0.2) is 24.8 Å². The van der Waals surface area contributed by atoms with Gasteiger partial charge in [0.15, 0.2) is 0 Å². The molecule has 0 aliphatic heterocycles. The third-order valence-electron chi connectivity index (χ3n) is 4.62. The zero-order chi connectivity index (χ0) is 14.9. The monoisotopic (exact) mass is 278 g/mol. The highest BCUT2D eigenvalue weighted by molar-refractivity contribution is 5.77. The molecule has 0 saturated heterocycles.